The van der Waals surface area contributed by atoms with E-state index in [9.17, 15) is 45.6 Å². The van der Waals surface area contributed by atoms with E-state index in [0.717, 1.165) is 0 Å². The molecule has 2 rings (SSSR count). The maximum Gasteiger partial charge on any atom is 0.333 e. The average molecular weight is 514 g/mol. The summed E-state index contributed by atoms with van der Waals surface area (Å²) in [5, 5.41) is -4.18. The van der Waals surface area contributed by atoms with E-state index in [1.165, 1.54) is 0 Å². The van der Waals surface area contributed by atoms with E-state index < -0.39 is 79.1 Å². The van der Waals surface area contributed by atoms with Gasteiger partial charge in [0.25, 0.3) is 43.9 Å². The van der Waals surface area contributed by atoms with Crippen molar-refractivity contribution in [2.45, 2.75) is 55.4 Å². The van der Waals surface area contributed by atoms with Crippen molar-refractivity contribution >= 4 is 55.8 Å². The highest BCUT2D eigenvalue weighted by Crippen LogP contribution is 2.21. The highest BCUT2D eigenvalue weighted by atomic mass is 32.2. The van der Waals surface area contributed by atoms with Crippen molar-refractivity contribution in [2.75, 3.05) is 0 Å². The molecule has 0 bridgehead atoms. The Morgan fingerprint density at radius 1 is 0.727 bits per heavy atom. The van der Waals surface area contributed by atoms with Crippen LogP contribution in [0.15, 0.2) is 0 Å². The lowest BCUT2D eigenvalue weighted by Crippen LogP contribution is -2.36. The van der Waals surface area contributed by atoms with Gasteiger partial charge in [0.15, 0.2) is 10.5 Å². The SMILES string of the molecule is O=C(CCCCCC(=O)ON1C(=O)C[C@@H](S(=O)(=O)O)C1=O)ON1C(=O)C[C@@H](S(=O)(=O)O)C1=O. The fourth-order valence-electron chi connectivity index (χ4n) is 2.83. The Labute approximate surface area is 186 Å². The molecule has 184 valence electrons. The van der Waals surface area contributed by atoms with Gasteiger partial charge in [0.2, 0.25) is 0 Å². The first kappa shape index (κ1) is 26.3. The van der Waals surface area contributed by atoms with Crippen LogP contribution in [0.2, 0.25) is 0 Å². The van der Waals surface area contributed by atoms with Gasteiger partial charge in [0, 0.05) is 12.8 Å². The van der Waals surface area contributed by atoms with Crippen molar-refractivity contribution < 1.29 is 64.4 Å². The molecule has 0 unspecified atom stereocenters. The smallest absolute Gasteiger partial charge is 0.330 e. The fourth-order valence-corrected chi connectivity index (χ4v) is 4.24. The molecule has 18 heteroatoms. The van der Waals surface area contributed by atoms with Crippen molar-refractivity contribution in [2.24, 2.45) is 0 Å². The van der Waals surface area contributed by atoms with Gasteiger partial charge in [-0.1, -0.05) is 6.42 Å². The molecule has 2 aliphatic heterocycles. The second kappa shape index (κ2) is 9.89. The van der Waals surface area contributed by atoms with Gasteiger partial charge in [-0.25, -0.2) is 9.59 Å². The van der Waals surface area contributed by atoms with Crippen LogP contribution in [0.5, 0.6) is 0 Å². The molecule has 2 aliphatic rings. The molecule has 2 atom stereocenters. The van der Waals surface area contributed by atoms with E-state index in [2.05, 4.69) is 9.68 Å². The summed E-state index contributed by atoms with van der Waals surface area (Å²) in [7, 11) is -9.69. The molecular formula is C15H18N2O14S2. The van der Waals surface area contributed by atoms with Crippen LogP contribution in [-0.2, 0) is 58.7 Å². The molecule has 2 fully saturated rings. The molecule has 0 aromatic carbocycles. The van der Waals surface area contributed by atoms with Crippen molar-refractivity contribution in [3.63, 3.8) is 0 Å². The first-order chi connectivity index (χ1) is 15.1. The minimum Gasteiger partial charge on any atom is -0.330 e. The van der Waals surface area contributed by atoms with Gasteiger partial charge in [-0.05, 0) is 12.8 Å². The molecule has 0 saturated carbocycles. The molecule has 4 amide bonds. The van der Waals surface area contributed by atoms with E-state index in [4.69, 9.17) is 9.11 Å². The van der Waals surface area contributed by atoms with Crippen LogP contribution in [0.4, 0.5) is 0 Å². The largest absolute Gasteiger partial charge is 0.333 e. The zero-order chi connectivity index (χ0) is 25.1. The number of carbonyl (C=O) groups excluding carboxylic acids is 6. The number of carbonyl (C=O) groups is 6. The van der Waals surface area contributed by atoms with Crippen LogP contribution in [0.1, 0.15) is 44.9 Å². The van der Waals surface area contributed by atoms with Crippen molar-refractivity contribution in [1.82, 2.24) is 10.1 Å². The Morgan fingerprint density at radius 2 is 1.06 bits per heavy atom. The zero-order valence-electron chi connectivity index (χ0n) is 16.6. The number of hydroxylamine groups is 4. The molecule has 0 spiro atoms. The Bertz CT molecular complexity index is 1010. The number of hydrogen-bond acceptors (Lipinski definition) is 12. The number of nitrogens with zero attached hydrogens (tertiary/aromatic N) is 2. The number of unbranched alkanes of at least 4 members (excludes halogenated alkanes) is 2. The van der Waals surface area contributed by atoms with Gasteiger partial charge in [-0.2, -0.15) is 16.8 Å². The number of imide groups is 2. The minimum atomic E-state index is -4.85. The summed E-state index contributed by atoms with van der Waals surface area (Å²) in [6.45, 7) is 0. The van der Waals surface area contributed by atoms with Gasteiger partial charge in [0.05, 0.1) is 12.8 Å². The lowest BCUT2D eigenvalue weighted by atomic mass is 10.1. The van der Waals surface area contributed by atoms with Gasteiger partial charge in [-0.15, -0.1) is 10.1 Å². The number of rotatable bonds is 10. The number of amides is 4. The molecular weight excluding hydrogens is 496 g/mol. The van der Waals surface area contributed by atoms with Gasteiger partial charge < -0.3 is 9.68 Å². The van der Waals surface area contributed by atoms with Gasteiger partial charge in [0.1, 0.15) is 0 Å². The quantitative estimate of drug-likeness (QED) is 0.180. The first-order valence-corrected chi connectivity index (χ1v) is 12.2. The van der Waals surface area contributed by atoms with Crippen LogP contribution in [-0.4, -0.2) is 82.1 Å². The maximum absolute atomic E-state index is 11.8. The summed E-state index contributed by atoms with van der Waals surface area (Å²) in [5.41, 5.74) is 0. The molecule has 0 aliphatic carbocycles. The molecule has 2 heterocycles. The molecule has 2 saturated heterocycles. The predicted molar refractivity (Wildman–Crippen MR) is 98.9 cm³/mol. The Morgan fingerprint density at radius 3 is 1.33 bits per heavy atom. The molecule has 0 aromatic rings. The Hall–Kier alpha value is -2.96. The number of hydrogen-bond donors (Lipinski definition) is 2. The highest BCUT2D eigenvalue weighted by Gasteiger charge is 2.49. The third-order valence-corrected chi connectivity index (χ3v) is 6.67. The molecule has 33 heavy (non-hydrogen) atoms. The van der Waals surface area contributed by atoms with Gasteiger partial charge in [-0.3, -0.25) is 28.3 Å². The van der Waals surface area contributed by atoms with E-state index in [-0.39, 0.29) is 42.2 Å². The Kier molecular flexibility index (Phi) is 7.88. The van der Waals surface area contributed by atoms with Crippen molar-refractivity contribution in [3.8, 4) is 0 Å². The second-order valence-corrected chi connectivity index (χ2v) is 10.2. The van der Waals surface area contributed by atoms with E-state index >= 15 is 0 Å². The monoisotopic (exact) mass is 514 g/mol. The first-order valence-electron chi connectivity index (χ1n) is 9.20. The minimum absolute atomic E-state index is 0.0396. The summed E-state index contributed by atoms with van der Waals surface area (Å²) >= 11 is 0. The maximum atomic E-state index is 11.8. The summed E-state index contributed by atoms with van der Waals surface area (Å²) in [6.07, 6.45) is -2.02. The van der Waals surface area contributed by atoms with Crippen LogP contribution in [0.3, 0.4) is 0 Å². The molecule has 0 radical (unpaired) electrons. The summed E-state index contributed by atoms with van der Waals surface area (Å²) < 4.78 is 61.9. The summed E-state index contributed by atoms with van der Waals surface area (Å²) in [5.74, 6) is -7.16. The fraction of sp³-hybridized carbons (Fsp3) is 0.600. The van der Waals surface area contributed by atoms with Crippen LogP contribution >= 0.6 is 0 Å². The third kappa shape index (κ3) is 6.53. The van der Waals surface area contributed by atoms with E-state index in [1.54, 1.807) is 0 Å². The summed E-state index contributed by atoms with van der Waals surface area (Å²) in [4.78, 5) is 79.2. The van der Waals surface area contributed by atoms with Crippen molar-refractivity contribution in [3.05, 3.63) is 0 Å². The summed E-state index contributed by atoms with van der Waals surface area (Å²) in [6, 6.07) is 0. The molecule has 16 nitrogen and oxygen atoms in total. The Balaban J connectivity index is 1.70. The second-order valence-electron chi connectivity index (χ2n) is 6.96. The topological polar surface area (TPSA) is 236 Å². The zero-order valence-corrected chi connectivity index (χ0v) is 18.2. The van der Waals surface area contributed by atoms with E-state index in [0.29, 0.717) is 0 Å². The van der Waals surface area contributed by atoms with Crippen LogP contribution < -0.4 is 0 Å². The highest BCUT2D eigenvalue weighted by molar-refractivity contribution is 7.87. The van der Waals surface area contributed by atoms with Gasteiger partial charge >= 0.3 is 11.9 Å². The van der Waals surface area contributed by atoms with Crippen LogP contribution in [0, 0.1) is 0 Å². The van der Waals surface area contributed by atoms with Crippen molar-refractivity contribution in [1.29, 1.82) is 0 Å². The standard InChI is InChI=1S/C15H18N2O14S2/c18-10-6-8(32(24,25)26)14(22)16(10)30-12(20)4-2-1-3-5-13(21)31-17-11(19)7-9(15(17)23)33(27,28)29/h8-9H,1-7H2,(H,24,25,26)(H,27,28,29)/t8-,9-/m1/s1. The lowest BCUT2D eigenvalue weighted by molar-refractivity contribution is -0.197. The molecule has 0 aromatic heterocycles. The average Bonchev–Trinajstić information content (AvgIpc) is 3.12. The van der Waals surface area contributed by atoms with Crippen LogP contribution in [0.25, 0.3) is 0 Å². The predicted octanol–water partition coefficient (Wildman–Crippen LogP) is -2.12. The van der Waals surface area contributed by atoms with E-state index in [1.807, 2.05) is 0 Å². The lowest BCUT2D eigenvalue weighted by Gasteiger charge is -2.13. The third-order valence-electron chi connectivity index (χ3n) is 4.49. The molecule has 2 N–H and O–H groups in total. The normalized spacial score (nSPS) is 21.6.